The SMILES string of the molecule is COc1cnc(C(=O)Nc2cc(F)c(F)c([C@]34CO[C@H](C(F)F)[C@H]3CSC(NC(=O)O)=N4)c2)cn1. The number of amidine groups is 1. The van der Waals surface area contributed by atoms with E-state index in [9.17, 15) is 22.8 Å². The van der Waals surface area contributed by atoms with Crippen molar-refractivity contribution in [3.05, 3.63) is 47.4 Å². The first kappa shape index (κ1) is 24.7. The molecular weight excluding hydrogens is 498 g/mol. The number of ether oxygens (including phenoxy) is 2. The third-order valence-electron chi connectivity index (χ3n) is 5.49. The van der Waals surface area contributed by atoms with Gasteiger partial charge >= 0.3 is 6.09 Å². The minimum Gasteiger partial charge on any atom is -0.480 e. The van der Waals surface area contributed by atoms with E-state index in [4.69, 9.17) is 14.6 Å². The Morgan fingerprint density at radius 2 is 2.03 bits per heavy atom. The van der Waals surface area contributed by atoms with Gasteiger partial charge in [0.15, 0.2) is 16.8 Å². The highest BCUT2D eigenvalue weighted by Crippen LogP contribution is 2.50. The van der Waals surface area contributed by atoms with Gasteiger partial charge in [-0.05, 0) is 6.07 Å². The molecule has 3 N–H and O–H groups in total. The van der Waals surface area contributed by atoms with Crippen molar-refractivity contribution in [3.8, 4) is 5.88 Å². The highest BCUT2D eigenvalue weighted by molar-refractivity contribution is 8.13. The highest BCUT2D eigenvalue weighted by atomic mass is 32.2. The summed E-state index contributed by atoms with van der Waals surface area (Å²) in [5, 5.41) is 13.2. The molecular formula is C20H17F4N5O5S. The number of aromatic nitrogens is 2. The number of carbonyl (C=O) groups excluding carboxylic acids is 1. The number of anilines is 1. The molecule has 2 aliphatic rings. The van der Waals surface area contributed by atoms with Crippen LogP contribution in [0.2, 0.25) is 0 Å². The molecule has 0 saturated carbocycles. The van der Waals surface area contributed by atoms with E-state index in [1.54, 1.807) is 0 Å². The van der Waals surface area contributed by atoms with E-state index < -0.39 is 59.8 Å². The van der Waals surface area contributed by atoms with Crippen LogP contribution < -0.4 is 15.4 Å². The average molecular weight is 515 g/mol. The summed E-state index contributed by atoms with van der Waals surface area (Å²) in [5.41, 5.74) is -2.70. The van der Waals surface area contributed by atoms with Gasteiger partial charge in [-0.2, -0.15) is 0 Å². The van der Waals surface area contributed by atoms with Gasteiger partial charge in [-0.25, -0.2) is 37.3 Å². The summed E-state index contributed by atoms with van der Waals surface area (Å²) in [5.74, 6) is -4.65. The van der Waals surface area contributed by atoms with Crippen LogP contribution in [0.4, 0.5) is 28.0 Å². The number of rotatable bonds is 5. The van der Waals surface area contributed by atoms with Crippen molar-refractivity contribution in [2.24, 2.45) is 10.9 Å². The zero-order valence-corrected chi connectivity index (χ0v) is 18.6. The first-order chi connectivity index (χ1) is 16.6. The molecule has 35 heavy (non-hydrogen) atoms. The highest BCUT2D eigenvalue weighted by Gasteiger charge is 2.57. The Kier molecular flexibility index (Phi) is 6.80. The molecule has 2 aromatic rings. The number of thioether (sulfide) groups is 1. The van der Waals surface area contributed by atoms with Crippen LogP contribution in [-0.4, -0.2) is 64.2 Å². The van der Waals surface area contributed by atoms with E-state index >= 15 is 4.39 Å². The number of nitrogens with one attached hydrogen (secondary N) is 2. The van der Waals surface area contributed by atoms with Crippen molar-refractivity contribution in [3.63, 3.8) is 0 Å². The number of alkyl halides is 2. The lowest BCUT2D eigenvalue weighted by Gasteiger charge is -2.36. The van der Waals surface area contributed by atoms with E-state index in [1.165, 1.54) is 13.3 Å². The summed E-state index contributed by atoms with van der Waals surface area (Å²) in [6.45, 7) is -0.560. The molecule has 1 fully saturated rings. The van der Waals surface area contributed by atoms with Crippen LogP contribution in [0.25, 0.3) is 0 Å². The Morgan fingerprint density at radius 3 is 2.66 bits per heavy atom. The third-order valence-corrected chi connectivity index (χ3v) is 6.48. The van der Waals surface area contributed by atoms with Gasteiger partial charge in [-0.1, -0.05) is 11.8 Å². The lowest BCUT2D eigenvalue weighted by atomic mass is 9.78. The molecule has 0 aliphatic carbocycles. The summed E-state index contributed by atoms with van der Waals surface area (Å²) in [4.78, 5) is 35.5. The smallest absolute Gasteiger partial charge is 0.410 e. The number of halogens is 4. The number of benzene rings is 1. The minimum absolute atomic E-state index is 0.104. The fraction of sp³-hybridized carbons (Fsp3) is 0.350. The Balaban J connectivity index is 1.75. The largest absolute Gasteiger partial charge is 0.480 e. The average Bonchev–Trinajstić information content (AvgIpc) is 3.21. The molecule has 3 heterocycles. The number of nitrogens with zero attached hydrogens (tertiary/aromatic N) is 3. The van der Waals surface area contributed by atoms with Gasteiger partial charge in [-0.15, -0.1) is 0 Å². The van der Waals surface area contributed by atoms with Gasteiger partial charge in [-0.3, -0.25) is 10.1 Å². The van der Waals surface area contributed by atoms with E-state index in [1.807, 2.05) is 5.32 Å². The van der Waals surface area contributed by atoms with Crippen LogP contribution in [0.5, 0.6) is 5.88 Å². The first-order valence-electron chi connectivity index (χ1n) is 9.94. The summed E-state index contributed by atoms with van der Waals surface area (Å²) in [6.07, 6.45) is -3.78. The molecule has 2 amide bonds. The normalized spacial score (nSPS) is 23.4. The second kappa shape index (κ2) is 9.65. The van der Waals surface area contributed by atoms with Crippen LogP contribution in [0, 0.1) is 17.6 Å². The maximum Gasteiger partial charge on any atom is 0.410 e. The Labute approximate surface area is 199 Å². The molecule has 1 saturated heterocycles. The Bertz CT molecular complexity index is 1190. The minimum atomic E-state index is -2.95. The zero-order chi connectivity index (χ0) is 25.3. The van der Waals surface area contributed by atoms with E-state index in [0.717, 1.165) is 24.0 Å². The molecule has 4 rings (SSSR count). The van der Waals surface area contributed by atoms with Gasteiger partial charge in [0.25, 0.3) is 12.3 Å². The monoisotopic (exact) mass is 515 g/mol. The standard InChI is InChI=1S/C20H17F4N5O5S/c1-33-13-5-25-12(4-26-13)17(30)27-8-2-9(14(22)11(21)3-8)20-7-34-15(16(23)24)10(20)6-35-18(29-20)28-19(31)32/h2-5,10,15-16H,6-7H2,1H3,(H,27,30)(H,28,29)(H,31,32)/t10-,15+,20-/m1/s1. The van der Waals surface area contributed by atoms with Crippen LogP contribution in [0.1, 0.15) is 16.1 Å². The second-order valence-corrected chi connectivity index (χ2v) is 8.53. The number of hydrogen-bond donors (Lipinski definition) is 3. The number of aliphatic imine (C=N–C) groups is 1. The van der Waals surface area contributed by atoms with Crippen molar-refractivity contribution in [1.29, 1.82) is 0 Å². The summed E-state index contributed by atoms with van der Waals surface area (Å²) < 4.78 is 67.1. The van der Waals surface area contributed by atoms with Gasteiger partial charge < -0.3 is 19.9 Å². The van der Waals surface area contributed by atoms with Crippen LogP contribution in [0.3, 0.4) is 0 Å². The number of amides is 2. The molecule has 2 aliphatic heterocycles. The summed E-state index contributed by atoms with van der Waals surface area (Å²) >= 11 is 0.841. The molecule has 0 unspecified atom stereocenters. The maximum atomic E-state index is 15.1. The van der Waals surface area contributed by atoms with Crippen molar-refractivity contribution < 1.29 is 41.7 Å². The van der Waals surface area contributed by atoms with Gasteiger partial charge in [0.05, 0.1) is 26.1 Å². The molecule has 10 nitrogen and oxygen atoms in total. The fourth-order valence-corrected chi connectivity index (χ4v) is 5.09. The van der Waals surface area contributed by atoms with Crippen LogP contribution in [0.15, 0.2) is 29.5 Å². The molecule has 15 heteroatoms. The lowest BCUT2D eigenvalue weighted by molar-refractivity contribution is -0.0359. The van der Waals surface area contributed by atoms with Crippen molar-refractivity contribution in [2.45, 2.75) is 18.1 Å². The molecule has 1 aromatic heterocycles. The van der Waals surface area contributed by atoms with E-state index in [0.29, 0.717) is 6.07 Å². The van der Waals surface area contributed by atoms with Crippen molar-refractivity contribution >= 4 is 34.6 Å². The number of hydrogen-bond acceptors (Lipinski definition) is 8. The molecule has 0 radical (unpaired) electrons. The Hall–Kier alpha value is -3.46. The number of carbonyl (C=O) groups is 2. The number of methoxy groups -OCH3 is 1. The quantitative estimate of drug-likeness (QED) is 0.518. The van der Waals surface area contributed by atoms with Gasteiger partial charge in [0, 0.05) is 29.0 Å². The number of fused-ring (bicyclic) bond motifs is 1. The predicted molar refractivity (Wildman–Crippen MR) is 115 cm³/mol. The molecule has 3 atom stereocenters. The predicted octanol–water partition coefficient (Wildman–Crippen LogP) is 2.86. The Morgan fingerprint density at radius 1 is 1.26 bits per heavy atom. The molecule has 186 valence electrons. The number of carboxylic acid groups (broad SMARTS) is 1. The van der Waals surface area contributed by atoms with Crippen LogP contribution in [-0.2, 0) is 10.3 Å². The van der Waals surface area contributed by atoms with Crippen molar-refractivity contribution in [1.82, 2.24) is 15.3 Å². The first-order valence-corrected chi connectivity index (χ1v) is 10.9. The maximum absolute atomic E-state index is 15.1. The summed E-state index contributed by atoms with van der Waals surface area (Å²) in [7, 11) is 1.36. The molecule has 0 spiro atoms. The topological polar surface area (TPSA) is 135 Å². The zero-order valence-electron chi connectivity index (χ0n) is 17.8. The molecule has 1 aromatic carbocycles. The third kappa shape index (κ3) is 4.73. The van der Waals surface area contributed by atoms with E-state index in [2.05, 4.69) is 20.3 Å². The lowest BCUT2D eigenvalue weighted by Crippen LogP contribution is -2.45. The van der Waals surface area contributed by atoms with Crippen LogP contribution >= 0.6 is 11.8 Å². The fourth-order valence-electron chi connectivity index (χ4n) is 3.90. The summed E-state index contributed by atoms with van der Waals surface area (Å²) in [6, 6.07) is 1.76. The van der Waals surface area contributed by atoms with E-state index in [-0.39, 0.29) is 28.2 Å². The van der Waals surface area contributed by atoms with Gasteiger partial charge in [0.2, 0.25) is 5.88 Å². The molecule has 0 bridgehead atoms. The van der Waals surface area contributed by atoms with Crippen molar-refractivity contribution in [2.75, 3.05) is 24.8 Å². The van der Waals surface area contributed by atoms with Gasteiger partial charge in [0.1, 0.15) is 17.3 Å². The second-order valence-electron chi connectivity index (χ2n) is 7.52.